The van der Waals surface area contributed by atoms with Crippen LogP contribution >= 0.6 is 22.7 Å². The van der Waals surface area contributed by atoms with Crippen LogP contribution in [0.2, 0.25) is 0 Å². The van der Waals surface area contributed by atoms with Crippen LogP contribution in [0.3, 0.4) is 0 Å². The van der Waals surface area contributed by atoms with Crippen LogP contribution in [0, 0.1) is 0 Å². The minimum absolute atomic E-state index is 1.14. The first-order valence-corrected chi connectivity index (χ1v) is 25.8. The summed E-state index contributed by atoms with van der Waals surface area (Å²) in [5.74, 6) is 0. The Hall–Kier alpha value is -6.06. The Morgan fingerprint density at radius 3 is 0.875 bits per heavy atom. The first-order chi connectivity index (χ1) is 31.7. The Bertz CT molecular complexity index is 3780. The molecule has 0 aliphatic heterocycles. The summed E-state index contributed by atoms with van der Waals surface area (Å²) >= 11 is 3.86. The molecule has 0 aliphatic carbocycles. The van der Waals surface area contributed by atoms with Crippen molar-refractivity contribution >= 4 is 152 Å². The zero-order valence-electron chi connectivity index (χ0n) is 36.4. The van der Waals surface area contributed by atoms with E-state index in [1.54, 1.807) is 0 Å². The summed E-state index contributed by atoms with van der Waals surface area (Å²) < 4.78 is 0. The van der Waals surface area contributed by atoms with Gasteiger partial charge in [0.2, 0.25) is 0 Å². The number of benzene rings is 13. The van der Waals surface area contributed by atoms with Crippen molar-refractivity contribution < 1.29 is 0 Å². The van der Waals surface area contributed by atoms with Crippen LogP contribution in [0.1, 0.15) is 76.3 Å². The van der Waals surface area contributed by atoms with E-state index in [-0.39, 0.29) is 0 Å². The van der Waals surface area contributed by atoms with Crippen molar-refractivity contribution in [2.45, 2.75) is 78.1 Å². The summed E-state index contributed by atoms with van der Waals surface area (Å²) in [5.41, 5.74) is 5.76. The van der Waals surface area contributed by atoms with Crippen LogP contribution in [0.25, 0.3) is 150 Å². The van der Waals surface area contributed by atoms with Crippen LogP contribution in [-0.2, 0) is 12.8 Å². The van der Waals surface area contributed by atoms with Crippen molar-refractivity contribution in [3.63, 3.8) is 0 Å². The van der Waals surface area contributed by atoms with Gasteiger partial charge in [-0.05, 0) is 224 Å². The van der Waals surface area contributed by atoms with E-state index in [0.717, 1.165) is 12.8 Å². The van der Waals surface area contributed by atoms with Crippen molar-refractivity contribution in [1.82, 2.24) is 0 Å². The molecule has 2 heterocycles. The molecule has 0 fully saturated rings. The van der Waals surface area contributed by atoms with E-state index in [4.69, 9.17) is 0 Å². The predicted molar refractivity (Wildman–Crippen MR) is 286 cm³/mol. The van der Waals surface area contributed by atoms with Crippen LogP contribution in [0.15, 0.2) is 120 Å². The summed E-state index contributed by atoms with van der Waals surface area (Å²) in [6.45, 7) is 4.62. The molecular formula is C62H46S2. The Morgan fingerprint density at radius 2 is 0.578 bits per heavy atom. The molecule has 0 unspecified atom stereocenters. The van der Waals surface area contributed by atoms with Gasteiger partial charge in [0.05, 0.1) is 0 Å². The van der Waals surface area contributed by atoms with E-state index in [0.29, 0.717) is 0 Å². The minimum Gasteiger partial charge on any atom is -0.144 e. The number of fused-ring (bicyclic) bond motifs is 6. The summed E-state index contributed by atoms with van der Waals surface area (Å²) in [7, 11) is 0. The summed E-state index contributed by atoms with van der Waals surface area (Å²) in [5, 5.41) is 38.9. The second-order valence-corrected chi connectivity index (χ2v) is 21.1. The normalized spacial score (nSPS) is 13.2. The third-order valence-corrected chi connectivity index (χ3v) is 17.9. The van der Waals surface area contributed by atoms with E-state index in [1.807, 2.05) is 22.7 Å². The van der Waals surface area contributed by atoms with Gasteiger partial charge >= 0.3 is 0 Å². The average molecular weight is 855 g/mol. The number of rotatable bonds is 12. The molecule has 2 heteroatoms. The molecule has 15 aromatic rings. The molecule has 13 aromatic carbocycles. The summed E-state index contributed by atoms with van der Waals surface area (Å²) in [6.07, 6.45) is 12.6. The van der Waals surface area contributed by atoms with Crippen molar-refractivity contribution in [2.75, 3.05) is 0 Å². The number of thiophene rings is 2. The Labute approximate surface area is 379 Å². The number of hydrogen-bond donors (Lipinski definition) is 0. The fourth-order valence-corrected chi connectivity index (χ4v) is 15.2. The molecule has 0 nitrogen and oxygen atoms in total. The lowest BCUT2D eigenvalue weighted by atomic mass is 9.73. The van der Waals surface area contributed by atoms with Crippen LogP contribution in [-0.4, -0.2) is 0 Å². The first-order valence-electron chi connectivity index (χ1n) is 24.0. The van der Waals surface area contributed by atoms with E-state index >= 15 is 0 Å². The number of aryl methyl sites for hydroxylation is 2. The molecular weight excluding hydrogens is 809 g/mol. The topological polar surface area (TPSA) is 0 Å². The zero-order chi connectivity index (χ0) is 41.9. The van der Waals surface area contributed by atoms with Crippen LogP contribution in [0.5, 0.6) is 0 Å². The zero-order valence-corrected chi connectivity index (χ0v) is 38.1. The molecule has 0 bridgehead atoms. The molecule has 15 rings (SSSR count). The molecule has 0 radical (unpaired) electrons. The lowest BCUT2D eigenvalue weighted by molar-refractivity contribution is 0.668. The van der Waals surface area contributed by atoms with Gasteiger partial charge in [-0.1, -0.05) is 125 Å². The van der Waals surface area contributed by atoms with Gasteiger partial charge in [0.25, 0.3) is 0 Å². The van der Waals surface area contributed by atoms with Gasteiger partial charge in [-0.25, -0.2) is 0 Å². The molecule has 0 saturated carbocycles. The van der Waals surface area contributed by atoms with Gasteiger partial charge in [0.1, 0.15) is 0 Å². The Balaban J connectivity index is 1.16. The molecule has 0 saturated heterocycles. The van der Waals surface area contributed by atoms with Gasteiger partial charge in [0, 0.05) is 9.75 Å². The van der Waals surface area contributed by atoms with Crippen molar-refractivity contribution in [3.8, 4) is 20.9 Å². The fourth-order valence-electron chi connectivity index (χ4n) is 13.3. The lowest BCUT2D eigenvalue weighted by Gasteiger charge is -2.29. The smallest absolute Gasteiger partial charge is 0.0375 e. The molecule has 306 valence electrons. The van der Waals surface area contributed by atoms with E-state index in [2.05, 4.69) is 134 Å². The first kappa shape index (κ1) is 36.3. The highest BCUT2D eigenvalue weighted by Gasteiger charge is 2.32. The maximum Gasteiger partial charge on any atom is 0.0375 e. The second kappa shape index (κ2) is 13.3. The SMILES string of the molecule is CCCCCCc1ccsc1-c1cc2c3cccc4c5cccc6c7cc(-c8sccc8CCCCCC)cc8c9cccc%10c%11cccc%12c(c1)c2c1c(c43)c(c56)c(c78)c(c%109)c1c%11%12. The number of unbranched alkanes of at least 4 members (excludes halogenated alkanes) is 6. The molecule has 0 atom stereocenters. The summed E-state index contributed by atoms with van der Waals surface area (Å²) in [6, 6.07) is 44.1. The average Bonchev–Trinajstić information content (AvgIpc) is 4.02. The number of hydrogen-bond acceptors (Lipinski definition) is 2. The van der Waals surface area contributed by atoms with Gasteiger partial charge in [-0.2, -0.15) is 0 Å². The van der Waals surface area contributed by atoms with Gasteiger partial charge in [-0.3, -0.25) is 0 Å². The molecule has 0 amide bonds. The fraction of sp³-hybridized carbons (Fsp3) is 0.194. The van der Waals surface area contributed by atoms with E-state index < -0.39 is 0 Å². The highest BCUT2D eigenvalue weighted by atomic mass is 32.1. The standard InChI is InChI=1S/C62H46S2/c1-3-5-7-9-15-33-25-27-63-61(33)35-29-45-41-21-11-17-37-39-19-13-23-43-47-31-36(62-34(26-28-64-62)16-10-8-6-4-2)32-48-44-24-14-20-40-38-18-12-22-42-46(30-35)53(45)59-55(49(37)41)57(51(39)43)60(54(47)48)58(52(40)44)56(59)50(38)42/h11-14,17-32H,3-10,15-16H2,1-2H3. The molecule has 0 aliphatic rings. The highest BCUT2D eigenvalue weighted by Crippen LogP contribution is 2.61. The maximum absolute atomic E-state index is 2.59. The third kappa shape index (κ3) is 4.49. The molecule has 0 N–H and O–H groups in total. The van der Waals surface area contributed by atoms with Crippen LogP contribution < -0.4 is 0 Å². The second-order valence-electron chi connectivity index (χ2n) is 19.2. The quantitative estimate of drug-likeness (QED) is 0.0652. The maximum atomic E-state index is 2.59. The summed E-state index contributed by atoms with van der Waals surface area (Å²) in [4.78, 5) is 2.89. The van der Waals surface area contributed by atoms with Gasteiger partial charge in [-0.15, -0.1) is 22.7 Å². The van der Waals surface area contributed by atoms with Gasteiger partial charge < -0.3 is 0 Å². The Morgan fingerprint density at radius 1 is 0.297 bits per heavy atom. The van der Waals surface area contributed by atoms with Crippen molar-refractivity contribution in [3.05, 3.63) is 131 Å². The van der Waals surface area contributed by atoms with Gasteiger partial charge in [0.15, 0.2) is 0 Å². The third-order valence-electron chi connectivity index (χ3n) is 15.9. The van der Waals surface area contributed by atoms with E-state index in [9.17, 15) is 0 Å². The van der Waals surface area contributed by atoms with Crippen molar-refractivity contribution in [1.29, 1.82) is 0 Å². The molecule has 0 spiro atoms. The lowest BCUT2D eigenvalue weighted by Crippen LogP contribution is -2.00. The monoisotopic (exact) mass is 854 g/mol. The van der Waals surface area contributed by atoms with Crippen LogP contribution in [0.4, 0.5) is 0 Å². The molecule has 2 aromatic heterocycles. The minimum atomic E-state index is 1.14. The molecule has 64 heavy (non-hydrogen) atoms. The van der Waals surface area contributed by atoms with Crippen molar-refractivity contribution in [2.24, 2.45) is 0 Å². The largest absolute Gasteiger partial charge is 0.144 e. The highest BCUT2D eigenvalue weighted by molar-refractivity contribution is 7.14. The Kier molecular flexibility index (Phi) is 7.52. The predicted octanol–water partition coefficient (Wildman–Crippen LogP) is 19.9. The van der Waals surface area contributed by atoms with E-state index in [1.165, 1.54) is 213 Å².